The Labute approximate surface area is 204 Å². The fourth-order valence-electron chi connectivity index (χ4n) is 6.60. The molecule has 4 aliphatic heterocycles. The molecule has 1 spiro atoms. The summed E-state index contributed by atoms with van der Waals surface area (Å²) in [5.74, 6) is -3.05. The molecule has 4 heterocycles. The normalized spacial score (nSPS) is 28.9. The first-order valence-corrected chi connectivity index (χ1v) is 11.7. The summed E-state index contributed by atoms with van der Waals surface area (Å²) in [5, 5.41) is 14.7. The molecule has 2 aromatic carbocycles. The summed E-state index contributed by atoms with van der Waals surface area (Å²) >= 11 is 6.49. The van der Waals surface area contributed by atoms with Gasteiger partial charge in [0.25, 0.3) is 11.6 Å². The summed E-state index contributed by atoms with van der Waals surface area (Å²) in [5.41, 5.74) is 0.236. The lowest BCUT2D eigenvalue weighted by molar-refractivity contribution is -0.384. The number of carbonyl (C=O) groups is 3. The van der Waals surface area contributed by atoms with Gasteiger partial charge in [0.05, 0.1) is 34.6 Å². The van der Waals surface area contributed by atoms with E-state index in [4.69, 9.17) is 16.3 Å². The van der Waals surface area contributed by atoms with E-state index in [1.807, 2.05) is 17.9 Å². The van der Waals surface area contributed by atoms with Crippen LogP contribution >= 0.6 is 11.6 Å². The third-order valence-electron chi connectivity index (χ3n) is 7.81. The van der Waals surface area contributed by atoms with E-state index in [2.05, 4.69) is 5.32 Å². The van der Waals surface area contributed by atoms with Crippen LogP contribution < -0.4 is 15.0 Å². The highest BCUT2D eigenvalue weighted by molar-refractivity contribution is 6.35. The van der Waals surface area contributed by atoms with Crippen molar-refractivity contribution in [2.45, 2.75) is 31.3 Å². The van der Waals surface area contributed by atoms with Gasteiger partial charge >= 0.3 is 0 Å². The Morgan fingerprint density at radius 2 is 1.97 bits per heavy atom. The van der Waals surface area contributed by atoms with Crippen molar-refractivity contribution in [2.75, 3.05) is 23.9 Å². The van der Waals surface area contributed by atoms with Crippen molar-refractivity contribution in [3.8, 4) is 5.75 Å². The number of nitrogens with zero attached hydrogens (tertiary/aromatic N) is 3. The Bertz CT molecular complexity index is 1360. The number of anilines is 2. The number of nitrogens with one attached hydrogen (secondary N) is 1. The third kappa shape index (κ3) is 2.61. The van der Waals surface area contributed by atoms with Crippen molar-refractivity contribution in [2.24, 2.45) is 11.8 Å². The lowest BCUT2D eigenvalue weighted by Gasteiger charge is -2.36. The molecule has 180 valence electrons. The lowest BCUT2D eigenvalue weighted by atomic mass is 9.75. The van der Waals surface area contributed by atoms with Gasteiger partial charge in [-0.3, -0.25) is 29.4 Å². The maximum atomic E-state index is 14.1. The average Bonchev–Trinajstić information content (AvgIpc) is 3.52. The van der Waals surface area contributed by atoms with E-state index >= 15 is 0 Å². The second-order valence-electron chi connectivity index (χ2n) is 9.42. The number of aryl methyl sites for hydroxylation is 1. The van der Waals surface area contributed by atoms with Crippen LogP contribution in [0.5, 0.6) is 5.75 Å². The molecule has 3 saturated heterocycles. The number of amides is 3. The number of fused-ring (bicyclic) bond motifs is 7. The van der Waals surface area contributed by atoms with Gasteiger partial charge in [0.2, 0.25) is 11.8 Å². The quantitative estimate of drug-likeness (QED) is 0.393. The molecular weight excluding hydrogens is 476 g/mol. The fourth-order valence-corrected chi connectivity index (χ4v) is 6.92. The lowest BCUT2D eigenvalue weighted by Crippen LogP contribution is -2.54. The summed E-state index contributed by atoms with van der Waals surface area (Å²) in [6.45, 7) is 2.43. The number of carbonyl (C=O) groups excluding carboxylic acids is 3. The second kappa shape index (κ2) is 7.25. The average molecular weight is 497 g/mol. The number of hydrogen-bond donors (Lipinski definition) is 1. The number of imide groups is 1. The standard InChI is InChI=1S/C24H21ClN4O6/c1-11-8-13-20(14(25)9-11)26-23(32)24(13)19-18(15-4-3-7-27(15)24)21(30)28(22(19)31)16-10-12(29(33)34)5-6-17(16)35-2/h5-6,8-10,15,18-19H,3-4,7H2,1-2H3,(H,26,32)/t15-,18-,19-,24+/m1/s1. The largest absolute Gasteiger partial charge is 0.495 e. The Kier molecular flexibility index (Phi) is 4.56. The highest BCUT2D eigenvalue weighted by atomic mass is 35.5. The van der Waals surface area contributed by atoms with E-state index in [1.54, 1.807) is 6.07 Å². The second-order valence-corrected chi connectivity index (χ2v) is 9.83. The van der Waals surface area contributed by atoms with Gasteiger partial charge in [-0.25, -0.2) is 4.90 Å². The molecule has 1 N–H and O–H groups in total. The zero-order valence-electron chi connectivity index (χ0n) is 18.9. The predicted molar refractivity (Wildman–Crippen MR) is 125 cm³/mol. The van der Waals surface area contributed by atoms with Gasteiger partial charge < -0.3 is 10.1 Å². The molecule has 2 aromatic rings. The molecule has 3 amide bonds. The van der Waals surface area contributed by atoms with Gasteiger partial charge in [-0.05, 0) is 44.0 Å². The predicted octanol–water partition coefficient (Wildman–Crippen LogP) is 3.00. The molecule has 0 aliphatic carbocycles. The number of rotatable bonds is 3. The first kappa shape index (κ1) is 22.0. The maximum Gasteiger partial charge on any atom is 0.271 e. The Morgan fingerprint density at radius 3 is 2.69 bits per heavy atom. The van der Waals surface area contributed by atoms with Crippen LogP contribution in [0.25, 0.3) is 0 Å². The minimum absolute atomic E-state index is 0.00620. The van der Waals surface area contributed by atoms with Crippen LogP contribution in [0.4, 0.5) is 17.1 Å². The number of benzene rings is 2. The molecule has 4 aliphatic rings. The number of nitro benzene ring substituents is 1. The molecule has 35 heavy (non-hydrogen) atoms. The van der Waals surface area contributed by atoms with E-state index in [9.17, 15) is 24.5 Å². The summed E-state index contributed by atoms with van der Waals surface area (Å²) < 4.78 is 5.35. The first-order chi connectivity index (χ1) is 16.7. The number of methoxy groups -OCH3 is 1. The zero-order chi connectivity index (χ0) is 24.8. The third-order valence-corrected chi connectivity index (χ3v) is 8.11. The smallest absolute Gasteiger partial charge is 0.271 e. The van der Waals surface area contributed by atoms with Gasteiger partial charge in [-0.1, -0.05) is 17.7 Å². The molecule has 6 rings (SSSR count). The number of non-ortho nitro benzene ring substituents is 1. The van der Waals surface area contributed by atoms with E-state index in [0.29, 0.717) is 29.2 Å². The van der Waals surface area contributed by atoms with Crippen LogP contribution in [-0.4, -0.2) is 47.2 Å². The van der Waals surface area contributed by atoms with E-state index in [-0.39, 0.29) is 29.1 Å². The number of hydrogen-bond acceptors (Lipinski definition) is 7. The fraction of sp³-hybridized carbons (Fsp3) is 0.375. The van der Waals surface area contributed by atoms with Gasteiger partial charge in [-0.15, -0.1) is 0 Å². The van der Waals surface area contributed by atoms with Gasteiger partial charge in [0.1, 0.15) is 17.0 Å². The first-order valence-electron chi connectivity index (χ1n) is 11.3. The topological polar surface area (TPSA) is 122 Å². The zero-order valence-corrected chi connectivity index (χ0v) is 19.7. The molecule has 3 fully saturated rings. The summed E-state index contributed by atoms with van der Waals surface area (Å²) in [4.78, 5) is 55.5. The molecule has 0 unspecified atom stereocenters. The van der Waals surface area contributed by atoms with E-state index in [0.717, 1.165) is 16.9 Å². The van der Waals surface area contributed by atoms with Crippen molar-refractivity contribution in [3.63, 3.8) is 0 Å². The van der Waals surface area contributed by atoms with Crippen molar-refractivity contribution in [1.82, 2.24) is 4.90 Å². The molecule has 11 heteroatoms. The van der Waals surface area contributed by atoms with Crippen molar-refractivity contribution in [1.29, 1.82) is 0 Å². The van der Waals surface area contributed by atoms with Crippen LogP contribution in [0, 0.1) is 28.9 Å². The van der Waals surface area contributed by atoms with Crippen molar-refractivity contribution in [3.05, 3.63) is 56.6 Å². The number of halogens is 1. The minimum atomic E-state index is -1.38. The van der Waals surface area contributed by atoms with Gasteiger partial charge in [0, 0.05) is 23.7 Å². The minimum Gasteiger partial charge on any atom is -0.495 e. The van der Waals surface area contributed by atoms with E-state index in [1.165, 1.54) is 25.3 Å². The van der Waals surface area contributed by atoms with Crippen molar-refractivity contribution >= 4 is 46.4 Å². The number of nitro groups is 1. The summed E-state index contributed by atoms with van der Waals surface area (Å²) in [6.07, 6.45) is 1.43. The molecule has 4 atom stereocenters. The highest BCUT2D eigenvalue weighted by Gasteiger charge is 2.75. The van der Waals surface area contributed by atoms with Gasteiger partial charge in [-0.2, -0.15) is 0 Å². The van der Waals surface area contributed by atoms with Crippen molar-refractivity contribution < 1.29 is 24.0 Å². The van der Waals surface area contributed by atoms with Crippen LogP contribution in [-0.2, 0) is 19.9 Å². The summed E-state index contributed by atoms with van der Waals surface area (Å²) in [6, 6.07) is 7.06. The summed E-state index contributed by atoms with van der Waals surface area (Å²) in [7, 11) is 1.36. The van der Waals surface area contributed by atoms with Crippen LogP contribution in [0.15, 0.2) is 30.3 Å². The van der Waals surface area contributed by atoms with Crippen LogP contribution in [0.1, 0.15) is 24.0 Å². The molecule has 0 aromatic heterocycles. The highest BCUT2D eigenvalue weighted by Crippen LogP contribution is 2.62. The van der Waals surface area contributed by atoms with E-state index < -0.39 is 34.1 Å². The Hall–Kier alpha value is -3.50. The van der Waals surface area contributed by atoms with Crippen LogP contribution in [0.3, 0.4) is 0 Å². The Morgan fingerprint density at radius 1 is 1.20 bits per heavy atom. The van der Waals surface area contributed by atoms with Crippen LogP contribution in [0.2, 0.25) is 5.02 Å². The molecule has 0 radical (unpaired) electrons. The molecular formula is C24H21ClN4O6. The monoisotopic (exact) mass is 496 g/mol. The molecule has 10 nitrogen and oxygen atoms in total. The van der Waals surface area contributed by atoms with Gasteiger partial charge in [0.15, 0.2) is 0 Å². The Balaban J connectivity index is 1.57. The SMILES string of the molecule is COc1ccc([N+](=O)[O-])cc1N1C(=O)[C@@H]2[C@H]3CCCN3[C@]3(C(=O)Nc4c(Cl)cc(C)cc43)[C@H]2C1=O. The molecule has 0 saturated carbocycles. The molecule has 0 bridgehead atoms. The maximum absolute atomic E-state index is 14.1. The number of ether oxygens (including phenoxy) is 1.